The van der Waals surface area contributed by atoms with Crippen LogP contribution in [0.2, 0.25) is 0 Å². The normalized spacial score (nSPS) is 15.7. The molecule has 1 amide bonds. The number of nitrogens with zero attached hydrogens (tertiary/aromatic N) is 2. The van der Waals surface area contributed by atoms with Gasteiger partial charge in [-0.25, -0.2) is 0 Å². The molecule has 0 N–H and O–H groups in total. The van der Waals surface area contributed by atoms with E-state index in [9.17, 15) is 4.79 Å². The molecule has 0 bridgehead atoms. The van der Waals surface area contributed by atoms with Crippen molar-refractivity contribution in [3.63, 3.8) is 0 Å². The largest absolute Gasteiger partial charge is 0.493 e. The van der Waals surface area contributed by atoms with Gasteiger partial charge < -0.3 is 4.74 Å². The number of hydrogen-bond acceptors (Lipinski definition) is 4. The summed E-state index contributed by atoms with van der Waals surface area (Å²) in [6.45, 7) is 6.64. The monoisotopic (exact) mass is 422 g/mol. The Labute approximate surface area is 180 Å². The van der Waals surface area contributed by atoms with Gasteiger partial charge in [0.1, 0.15) is 5.75 Å². The maximum absolute atomic E-state index is 13.3. The van der Waals surface area contributed by atoms with E-state index in [0.29, 0.717) is 15.8 Å². The summed E-state index contributed by atoms with van der Waals surface area (Å²) in [7, 11) is 0. The molecule has 1 aliphatic rings. The third-order valence-electron chi connectivity index (χ3n) is 4.88. The Bertz CT molecular complexity index is 1130. The van der Waals surface area contributed by atoms with Gasteiger partial charge in [-0.1, -0.05) is 49.0 Å². The van der Waals surface area contributed by atoms with Gasteiger partial charge in [0.15, 0.2) is 4.32 Å². The number of ether oxygens (including phenoxy) is 1. The van der Waals surface area contributed by atoms with Crippen molar-refractivity contribution in [2.75, 3.05) is 11.6 Å². The third kappa shape index (κ3) is 3.58. The average molecular weight is 423 g/mol. The molecule has 1 fully saturated rings. The zero-order valence-electron chi connectivity index (χ0n) is 16.6. The Kier molecular flexibility index (Phi) is 5.48. The van der Waals surface area contributed by atoms with Crippen molar-refractivity contribution in [2.45, 2.75) is 27.2 Å². The van der Waals surface area contributed by atoms with Crippen molar-refractivity contribution in [3.05, 3.63) is 70.4 Å². The van der Waals surface area contributed by atoms with E-state index in [1.54, 1.807) is 5.01 Å². The summed E-state index contributed by atoms with van der Waals surface area (Å²) >= 11 is 6.88. The lowest BCUT2D eigenvalue weighted by atomic mass is 10.0. The molecule has 0 spiro atoms. The van der Waals surface area contributed by atoms with Gasteiger partial charge in [0.05, 0.1) is 11.5 Å². The molecule has 4 nitrogen and oxygen atoms in total. The van der Waals surface area contributed by atoms with Gasteiger partial charge >= 0.3 is 0 Å². The third-order valence-corrected chi connectivity index (χ3v) is 6.16. The molecule has 0 unspecified atom stereocenters. The number of aromatic nitrogens is 1. The fourth-order valence-electron chi connectivity index (χ4n) is 3.50. The topological polar surface area (TPSA) is 34.5 Å². The predicted molar refractivity (Wildman–Crippen MR) is 125 cm³/mol. The summed E-state index contributed by atoms with van der Waals surface area (Å²) < 4.78 is 8.39. The van der Waals surface area contributed by atoms with Gasteiger partial charge in [0.25, 0.3) is 5.91 Å². The van der Waals surface area contributed by atoms with E-state index in [2.05, 4.69) is 25.1 Å². The summed E-state index contributed by atoms with van der Waals surface area (Å²) in [6, 6.07) is 16.1. The molecule has 4 rings (SSSR count). The second-order valence-electron chi connectivity index (χ2n) is 6.97. The predicted octanol–water partition coefficient (Wildman–Crippen LogP) is 5.58. The van der Waals surface area contributed by atoms with E-state index in [0.717, 1.165) is 39.9 Å². The number of benzene rings is 2. The maximum atomic E-state index is 13.3. The van der Waals surface area contributed by atoms with Crippen LogP contribution in [0.5, 0.6) is 5.75 Å². The Balaban J connectivity index is 1.81. The number of rotatable bonds is 5. The highest BCUT2D eigenvalue weighted by molar-refractivity contribution is 8.27. The van der Waals surface area contributed by atoms with E-state index in [1.807, 2.05) is 54.9 Å². The minimum Gasteiger partial charge on any atom is -0.493 e. The number of amides is 1. The van der Waals surface area contributed by atoms with Crippen LogP contribution in [0.4, 0.5) is 0 Å². The van der Waals surface area contributed by atoms with Crippen molar-refractivity contribution in [2.24, 2.45) is 0 Å². The smallest absolute Gasteiger partial charge is 0.285 e. The van der Waals surface area contributed by atoms with Crippen LogP contribution in [-0.2, 0) is 4.79 Å². The van der Waals surface area contributed by atoms with Crippen LogP contribution in [0.1, 0.15) is 30.3 Å². The number of fused-ring (bicyclic) bond motifs is 1. The molecular weight excluding hydrogens is 400 g/mol. The van der Waals surface area contributed by atoms with Gasteiger partial charge in [-0.15, -0.1) is 0 Å². The molecule has 0 atom stereocenters. The van der Waals surface area contributed by atoms with Crippen LogP contribution in [0.15, 0.2) is 53.4 Å². The SMILES string of the molecule is CCCOc1ccc2ccccc2c1/C=C1\SC(=S)N(n2c(C)ccc2C)C1=O. The number of thioether (sulfide) groups is 1. The second-order valence-corrected chi connectivity index (χ2v) is 8.64. The Morgan fingerprint density at radius 1 is 1.07 bits per heavy atom. The molecule has 0 saturated carbocycles. The van der Waals surface area contributed by atoms with Crippen molar-refractivity contribution in [3.8, 4) is 5.75 Å². The van der Waals surface area contributed by atoms with E-state index in [1.165, 1.54) is 11.8 Å². The maximum Gasteiger partial charge on any atom is 0.285 e. The number of aryl methyl sites for hydroxylation is 2. The molecule has 1 aromatic heterocycles. The lowest BCUT2D eigenvalue weighted by molar-refractivity contribution is -0.114. The average Bonchev–Trinajstić information content (AvgIpc) is 3.18. The van der Waals surface area contributed by atoms with Crippen molar-refractivity contribution in [1.29, 1.82) is 0 Å². The molecule has 29 heavy (non-hydrogen) atoms. The van der Waals surface area contributed by atoms with Crippen LogP contribution >= 0.6 is 24.0 Å². The number of carbonyl (C=O) groups excluding carboxylic acids is 1. The van der Waals surface area contributed by atoms with E-state index >= 15 is 0 Å². The minimum absolute atomic E-state index is 0.114. The van der Waals surface area contributed by atoms with E-state index < -0.39 is 0 Å². The highest BCUT2D eigenvalue weighted by Crippen LogP contribution is 2.37. The van der Waals surface area contributed by atoms with Crippen LogP contribution < -0.4 is 9.75 Å². The molecule has 6 heteroatoms. The molecule has 148 valence electrons. The molecule has 0 radical (unpaired) electrons. The number of carbonyl (C=O) groups is 1. The molecule has 1 aliphatic heterocycles. The first-order chi connectivity index (χ1) is 14.0. The molecule has 0 aliphatic carbocycles. The van der Waals surface area contributed by atoms with Crippen LogP contribution in [-0.4, -0.2) is 21.5 Å². The Hall–Kier alpha value is -2.57. The second kappa shape index (κ2) is 8.05. The van der Waals surface area contributed by atoms with Crippen molar-refractivity contribution in [1.82, 2.24) is 4.68 Å². The lowest BCUT2D eigenvalue weighted by Crippen LogP contribution is -2.39. The van der Waals surface area contributed by atoms with Gasteiger partial charge in [0, 0.05) is 17.0 Å². The van der Waals surface area contributed by atoms with Gasteiger partial charge in [-0.05, 0) is 67.5 Å². The zero-order valence-corrected chi connectivity index (χ0v) is 18.3. The molecule has 2 heterocycles. The number of thiocarbonyl (C=S) groups is 1. The van der Waals surface area contributed by atoms with Crippen LogP contribution in [0.25, 0.3) is 16.8 Å². The van der Waals surface area contributed by atoms with Gasteiger partial charge in [-0.2, -0.15) is 5.01 Å². The Morgan fingerprint density at radius 3 is 2.52 bits per heavy atom. The highest BCUT2D eigenvalue weighted by Gasteiger charge is 2.35. The molecule has 3 aromatic rings. The molecular formula is C23H22N2O2S2. The molecule has 2 aromatic carbocycles. The lowest BCUT2D eigenvalue weighted by Gasteiger charge is -2.20. The van der Waals surface area contributed by atoms with Crippen molar-refractivity contribution >= 4 is 51.1 Å². The zero-order chi connectivity index (χ0) is 20.5. The molecule has 1 saturated heterocycles. The minimum atomic E-state index is -0.114. The van der Waals surface area contributed by atoms with E-state index in [-0.39, 0.29) is 5.91 Å². The van der Waals surface area contributed by atoms with Gasteiger partial charge in [0.2, 0.25) is 0 Å². The van der Waals surface area contributed by atoms with Crippen LogP contribution in [0.3, 0.4) is 0 Å². The van der Waals surface area contributed by atoms with E-state index in [4.69, 9.17) is 17.0 Å². The first-order valence-corrected chi connectivity index (χ1v) is 10.8. The number of hydrogen-bond donors (Lipinski definition) is 0. The quantitative estimate of drug-likeness (QED) is 0.397. The first kappa shape index (κ1) is 19.7. The fraction of sp³-hybridized carbons (Fsp3) is 0.217. The summed E-state index contributed by atoms with van der Waals surface area (Å²) in [5.41, 5.74) is 2.85. The summed E-state index contributed by atoms with van der Waals surface area (Å²) in [5.74, 6) is 0.668. The summed E-state index contributed by atoms with van der Waals surface area (Å²) in [6.07, 6.45) is 2.83. The summed E-state index contributed by atoms with van der Waals surface area (Å²) in [4.78, 5) is 13.9. The standard InChI is InChI=1S/C23H22N2O2S2/c1-4-13-27-20-12-11-17-7-5-6-8-18(17)19(20)14-21-22(26)25(23(28)29-21)24-15(2)9-10-16(24)3/h5-12,14H,4,13H2,1-3H3/b21-14-. The van der Waals surface area contributed by atoms with Crippen molar-refractivity contribution < 1.29 is 9.53 Å². The highest BCUT2D eigenvalue weighted by atomic mass is 32.2. The first-order valence-electron chi connectivity index (χ1n) is 9.59. The van der Waals surface area contributed by atoms with Gasteiger partial charge in [-0.3, -0.25) is 9.47 Å². The summed E-state index contributed by atoms with van der Waals surface area (Å²) in [5, 5.41) is 3.74. The Morgan fingerprint density at radius 2 is 1.79 bits per heavy atom. The van der Waals surface area contributed by atoms with Crippen LogP contribution in [0, 0.1) is 13.8 Å². The fourth-order valence-corrected chi connectivity index (χ4v) is 4.73.